The molecule has 0 radical (unpaired) electrons. The van der Waals surface area contributed by atoms with Crippen molar-refractivity contribution in [2.24, 2.45) is 16.6 Å². The second-order valence-corrected chi connectivity index (χ2v) is 12.5. The lowest BCUT2D eigenvalue weighted by molar-refractivity contribution is -0.151. The number of unbranched alkanes of at least 4 members (excludes halogenated alkanes) is 2. The first-order chi connectivity index (χ1) is 21.0. The number of carboxylic acids is 2. The maximum absolute atomic E-state index is 12.8. The second-order valence-electron chi connectivity index (χ2n) is 12.5. The molecule has 0 aliphatic carbocycles. The molecule has 45 heavy (non-hydrogen) atoms. The number of aliphatic carboxylic acids is 2. The van der Waals surface area contributed by atoms with Crippen LogP contribution in [0.15, 0.2) is 24.3 Å². The number of primary amides is 1. The van der Waals surface area contributed by atoms with E-state index < -0.39 is 52.6 Å². The molecular weight excluding hydrogens is 582 g/mol. The Balaban J connectivity index is 2.47. The van der Waals surface area contributed by atoms with E-state index >= 15 is 0 Å². The molecule has 4 amide bonds. The summed E-state index contributed by atoms with van der Waals surface area (Å²) in [6.07, 6.45) is 4.28. The van der Waals surface area contributed by atoms with Crippen LogP contribution in [0.3, 0.4) is 0 Å². The van der Waals surface area contributed by atoms with Crippen molar-refractivity contribution in [3.8, 4) is 0 Å². The summed E-state index contributed by atoms with van der Waals surface area (Å²) >= 11 is 0. The smallest absolute Gasteiger partial charge is 0.326 e. The highest BCUT2D eigenvalue weighted by atomic mass is 16.4. The van der Waals surface area contributed by atoms with E-state index in [9.17, 15) is 39.0 Å². The van der Waals surface area contributed by atoms with Gasteiger partial charge in [-0.15, -0.1) is 0 Å². The molecule has 0 aliphatic heterocycles. The monoisotopic (exact) mass is 632 g/mol. The summed E-state index contributed by atoms with van der Waals surface area (Å²) < 4.78 is 0. The number of anilines is 1. The number of carbonyl (C=O) groups excluding carboxylic acids is 4. The third-order valence-corrected chi connectivity index (χ3v) is 7.37. The molecule has 0 aromatic heterocycles. The maximum Gasteiger partial charge on any atom is 0.326 e. The van der Waals surface area contributed by atoms with E-state index in [0.29, 0.717) is 24.9 Å². The van der Waals surface area contributed by atoms with Gasteiger partial charge in [0.05, 0.1) is 5.41 Å². The molecule has 13 nitrogen and oxygen atoms in total. The number of carbonyl (C=O) groups is 6. The fraction of sp³-hybridized carbons (Fsp3) is 0.594. The van der Waals surface area contributed by atoms with Crippen LogP contribution in [0, 0.1) is 17.3 Å². The molecule has 1 rings (SSSR count). The Labute approximate surface area is 265 Å². The zero-order chi connectivity index (χ0) is 34.2. The SMILES string of the molecule is C[CH-]CCNc1ccc(C(=O)NCCCCC(NC(=O)CCCC(NC(=O)C(C)(C)CC(C)(C)C(=O)O)C(=O)O)C(N)=O)cc1. The van der Waals surface area contributed by atoms with Crippen LogP contribution in [0.1, 0.15) is 96.3 Å². The van der Waals surface area contributed by atoms with Crippen molar-refractivity contribution < 1.29 is 39.0 Å². The number of hydrogen-bond donors (Lipinski definition) is 7. The highest BCUT2D eigenvalue weighted by Gasteiger charge is 2.40. The fourth-order valence-corrected chi connectivity index (χ4v) is 4.77. The molecule has 0 saturated heterocycles. The average molecular weight is 633 g/mol. The van der Waals surface area contributed by atoms with Crippen LogP contribution in [0.4, 0.5) is 5.69 Å². The summed E-state index contributed by atoms with van der Waals surface area (Å²) in [4.78, 5) is 72.8. The summed E-state index contributed by atoms with van der Waals surface area (Å²) in [5.74, 6) is -4.37. The number of amides is 4. The molecule has 1 aromatic rings. The topological polar surface area (TPSA) is 217 Å². The number of rotatable bonds is 22. The van der Waals surface area contributed by atoms with Crippen molar-refractivity contribution >= 4 is 41.3 Å². The molecule has 252 valence electrons. The van der Waals surface area contributed by atoms with E-state index in [1.165, 1.54) is 13.8 Å². The molecule has 2 atom stereocenters. The molecule has 0 bridgehead atoms. The van der Waals surface area contributed by atoms with Gasteiger partial charge in [-0.3, -0.25) is 24.0 Å². The summed E-state index contributed by atoms with van der Waals surface area (Å²) in [6, 6.07) is 4.96. The third kappa shape index (κ3) is 14.4. The molecule has 13 heteroatoms. The van der Waals surface area contributed by atoms with Crippen molar-refractivity contribution in [1.82, 2.24) is 16.0 Å². The maximum atomic E-state index is 12.8. The van der Waals surface area contributed by atoms with E-state index in [4.69, 9.17) is 5.73 Å². The van der Waals surface area contributed by atoms with Crippen molar-refractivity contribution in [2.75, 3.05) is 18.4 Å². The first kappa shape index (κ1) is 38.9. The van der Waals surface area contributed by atoms with Crippen LogP contribution in [0.5, 0.6) is 0 Å². The number of benzene rings is 1. The Morgan fingerprint density at radius 3 is 2.02 bits per heavy atom. The van der Waals surface area contributed by atoms with E-state index in [0.717, 1.165) is 18.7 Å². The van der Waals surface area contributed by atoms with E-state index in [2.05, 4.69) is 27.7 Å². The fourth-order valence-electron chi connectivity index (χ4n) is 4.77. The normalized spacial score (nSPS) is 12.8. The van der Waals surface area contributed by atoms with Crippen molar-refractivity contribution in [2.45, 2.75) is 98.1 Å². The summed E-state index contributed by atoms with van der Waals surface area (Å²) in [5, 5.41) is 30.1. The zero-order valence-corrected chi connectivity index (χ0v) is 27.0. The summed E-state index contributed by atoms with van der Waals surface area (Å²) in [5.41, 5.74) is 4.57. The van der Waals surface area contributed by atoms with Crippen LogP contribution in [0.2, 0.25) is 0 Å². The van der Waals surface area contributed by atoms with Gasteiger partial charge in [-0.2, -0.15) is 13.3 Å². The van der Waals surface area contributed by atoms with Gasteiger partial charge in [0.1, 0.15) is 12.1 Å². The van der Waals surface area contributed by atoms with Crippen molar-refractivity contribution in [3.05, 3.63) is 36.2 Å². The molecule has 0 heterocycles. The Bertz CT molecular complexity index is 1170. The van der Waals surface area contributed by atoms with Gasteiger partial charge in [0.15, 0.2) is 0 Å². The third-order valence-electron chi connectivity index (χ3n) is 7.37. The minimum atomic E-state index is -1.28. The van der Waals surface area contributed by atoms with Crippen LogP contribution in [0.25, 0.3) is 0 Å². The summed E-state index contributed by atoms with van der Waals surface area (Å²) in [7, 11) is 0. The molecular formula is C32H50N5O8-. The first-order valence-electron chi connectivity index (χ1n) is 15.3. The van der Waals surface area contributed by atoms with Gasteiger partial charge in [0.25, 0.3) is 5.91 Å². The van der Waals surface area contributed by atoms with Gasteiger partial charge in [0, 0.05) is 29.6 Å². The lowest BCUT2D eigenvalue weighted by Gasteiger charge is -2.32. The minimum Gasteiger partial charge on any atom is -0.481 e. The van der Waals surface area contributed by atoms with Crippen LogP contribution in [-0.4, -0.2) is 71.0 Å². The van der Waals surface area contributed by atoms with Crippen LogP contribution < -0.4 is 27.0 Å². The molecule has 0 fully saturated rings. The van der Waals surface area contributed by atoms with Gasteiger partial charge in [-0.05, 0) is 83.2 Å². The largest absolute Gasteiger partial charge is 0.481 e. The Kier molecular flexibility index (Phi) is 16.1. The molecule has 8 N–H and O–H groups in total. The quantitative estimate of drug-likeness (QED) is 0.0737. The average Bonchev–Trinajstić information content (AvgIpc) is 2.95. The predicted octanol–water partition coefficient (Wildman–Crippen LogP) is 2.85. The Morgan fingerprint density at radius 1 is 0.844 bits per heavy atom. The zero-order valence-electron chi connectivity index (χ0n) is 27.0. The highest BCUT2D eigenvalue weighted by molar-refractivity contribution is 5.94. The molecule has 0 aliphatic rings. The number of nitrogens with two attached hydrogens (primary N) is 1. The predicted molar refractivity (Wildman–Crippen MR) is 170 cm³/mol. The molecule has 0 saturated carbocycles. The lowest BCUT2D eigenvalue weighted by atomic mass is 9.74. The number of nitrogens with one attached hydrogen (secondary N) is 4. The van der Waals surface area contributed by atoms with Gasteiger partial charge in [-0.1, -0.05) is 13.8 Å². The number of hydrogen-bond acceptors (Lipinski definition) is 7. The van der Waals surface area contributed by atoms with Crippen LogP contribution in [-0.2, 0) is 24.0 Å². The summed E-state index contributed by atoms with van der Waals surface area (Å²) in [6.45, 7) is 9.24. The van der Waals surface area contributed by atoms with Crippen molar-refractivity contribution in [1.29, 1.82) is 0 Å². The van der Waals surface area contributed by atoms with E-state index in [1.54, 1.807) is 26.0 Å². The Morgan fingerprint density at radius 2 is 1.47 bits per heavy atom. The van der Waals surface area contributed by atoms with Crippen molar-refractivity contribution in [3.63, 3.8) is 0 Å². The first-order valence-corrected chi connectivity index (χ1v) is 15.3. The number of carboxylic acid groups (broad SMARTS) is 2. The molecule has 1 aromatic carbocycles. The molecule has 0 spiro atoms. The van der Waals surface area contributed by atoms with E-state index in [1.807, 2.05) is 19.1 Å². The van der Waals surface area contributed by atoms with Gasteiger partial charge < -0.3 is 43.6 Å². The Hall–Kier alpha value is -4.16. The van der Waals surface area contributed by atoms with Crippen LogP contribution >= 0.6 is 0 Å². The minimum absolute atomic E-state index is 0.0130. The van der Waals surface area contributed by atoms with Gasteiger partial charge in [-0.25, -0.2) is 4.79 Å². The van der Waals surface area contributed by atoms with E-state index in [-0.39, 0.29) is 38.0 Å². The van der Waals surface area contributed by atoms with Gasteiger partial charge in [0.2, 0.25) is 17.7 Å². The highest BCUT2D eigenvalue weighted by Crippen LogP contribution is 2.34. The molecule has 2 unspecified atom stereocenters. The van der Waals surface area contributed by atoms with Gasteiger partial charge >= 0.3 is 11.9 Å². The second kappa shape index (κ2) is 18.6. The standard InChI is InChI=1S/C32H50N5O8/c1-6-7-18-34-22-16-14-21(15-17-22)27(40)35-19-9-8-11-23(26(33)39)36-25(38)13-10-12-24(28(41)42)37-29(43)31(2,3)20-32(4,5)30(44)45/h6,14-17,23-24,34H,7-13,18-20H2,1-5H3,(H2,33,39)(H,35,40)(H,36,38)(H,37,43)(H,41,42)(H,44,45)/q-1. The lowest BCUT2D eigenvalue weighted by Crippen LogP contribution is -2.48.